The summed E-state index contributed by atoms with van der Waals surface area (Å²) >= 11 is 0. The first-order valence-corrected chi connectivity index (χ1v) is 9.75. The number of rotatable bonds is 6. The Bertz CT molecular complexity index is 1020. The number of aliphatic carboxylic acids is 1. The summed E-state index contributed by atoms with van der Waals surface area (Å²) in [7, 11) is 0. The highest BCUT2D eigenvalue weighted by molar-refractivity contribution is 6.01. The van der Waals surface area contributed by atoms with Crippen LogP contribution in [0.1, 0.15) is 27.9 Å². The molecule has 0 aliphatic carbocycles. The molecular weight excluding hydrogens is 402 g/mol. The molecule has 1 aliphatic heterocycles. The van der Waals surface area contributed by atoms with Gasteiger partial charge in [0.1, 0.15) is 0 Å². The number of anilines is 2. The molecule has 2 aromatic carbocycles. The molecule has 1 aliphatic rings. The zero-order valence-electron chi connectivity index (χ0n) is 16.9. The van der Waals surface area contributed by atoms with E-state index >= 15 is 0 Å². The number of nitrogens with one attached hydrogen (secondary N) is 2. The van der Waals surface area contributed by atoms with E-state index in [0.717, 1.165) is 5.56 Å². The van der Waals surface area contributed by atoms with Crippen molar-refractivity contribution in [2.24, 2.45) is 5.92 Å². The number of carboxylic acid groups (broad SMARTS) is 2. The third kappa shape index (κ3) is 5.39. The Kier molecular flexibility index (Phi) is 6.54. The van der Waals surface area contributed by atoms with Crippen molar-refractivity contribution in [2.45, 2.75) is 19.8 Å². The summed E-state index contributed by atoms with van der Waals surface area (Å²) in [5.41, 5.74) is 2.21. The number of carbonyl (C=O) groups is 4. The predicted octanol–water partition coefficient (Wildman–Crippen LogP) is 2.81. The van der Waals surface area contributed by atoms with Crippen LogP contribution in [0.2, 0.25) is 0 Å². The summed E-state index contributed by atoms with van der Waals surface area (Å²) in [5, 5.41) is 23.5. The van der Waals surface area contributed by atoms with Crippen molar-refractivity contribution in [3.63, 3.8) is 0 Å². The topological polar surface area (TPSA) is 136 Å². The molecule has 1 unspecified atom stereocenters. The molecule has 0 bridgehead atoms. The van der Waals surface area contributed by atoms with Crippen LogP contribution in [-0.4, -0.2) is 52.1 Å². The summed E-state index contributed by atoms with van der Waals surface area (Å²) in [6, 6.07) is 10.9. The average Bonchev–Trinajstić information content (AvgIpc) is 3.21. The van der Waals surface area contributed by atoms with Gasteiger partial charge in [-0.15, -0.1) is 0 Å². The number of benzene rings is 2. The highest BCUT2D eigenvalue weighted by atomic mass is 16.4. The minimum Gasteiger partial charge on any atom is -0.481 e. The average molecular weight is 425 g/mol. The van der Waals surface area contributed by atoms with Crippen LogP contribution in [0.5, 0.6) is 0 Å². The molecule has 1 atom stereocenters. The van der Waals surface area contributed by atoms with Gasteiger partial charge in [0.15, 0.2) is 0 Å². The van der Waals surface area contributed by atoms with Crippen molar-refractivity contribution in [1.29, 1.82) is 0 Å². The summed E-state index contributed by atoms with van der Waals surface area (Å²) in [4.78, 5) is 48.4. The zero-order chi connectivity index (χ0) is 22.5. The molecule has 9 heteroatoms. The van der Waals surface area contributed by atoms with Gasteiger partial charge in [0, 0.05) is 24.5 Å². The lowest BCUT2D eigenvalue weighted by molar-refractivity contribution is -0.141. The molecule has 162 valence electrons. The van der Waals surface area contributed by atoms with E-state index in [2.05, 4.69) is 10.6 Å². The second-order valence-electron chi connectivity index (χ2n) is 7.40. The monoisotopic (exact) mass is 425 g/mol. The van der Waals surface area contributed by atoms with Crippen molar-refractivity contribution in [3.8, 4) is 0 Å². The minimum atomic E-state index is -1.07. The Morgan fingerprint density at radius 2 is 1.74 bits per heavy atom. The van der Waals surface area contributed by atoms with Gasteiger partial charge in [0.2, 0.25) is 5.91 Å². The van der Waals surface area contributed by atoms with E-state index in [1.54, 1.807) is 48.2 Å². The van der Waals surface area contributed by atoms with Crippen molar-refractivity contribution in [3.05, 3.63) is 59.2 Å². The van der Waals surface area contributed by atoms with Crippen LogP contribution in [0.25, 0.3) is 0 Å². The first-order valence-electron chi connectivity index (χ1n) is 9.75. The Morgan fingerprint density at radius 1 is 1.03 bits per heavy atom. The Labute approximate surface area is 178 Å². The number of aromatic carboxylic acids is 1. The van der Waals surface area contributed by atoms with Crippen molar-refractivity contribution >= 4 is 35.3 Å². The van der Waals surface area contributed by atoms with Crippen LogP contribution < -0.4 is 10.6 Å². The number of urea groups is 1. The first kappa shape index (κ1) is 21.8. The fourth-order valence-corrected chi connectivity index (χ4v) is 3.47. The van der Waals surface area contributed by atoms with Gasteiger partial charge in [0.25, 0.3) is 0 Å². The van der Waals surface area contributed by atoms with Gasteiger partial charge in [-0.2, -0.15) is 0 Å². The summed E-state index contributed by atoms with van der Waals surface area (Å²) in [6.45, 7) is 2.29. The van der Waals surface area contributed by atoms with Crippen LogP contribution in [0.3, 0.4) is 0 Å². The quantitative estimate of drug-likeness (QED) is 0.562. The molecule has 3 rings (SSSR count). The van der Waals surface area contributed by atoms with Crippen LogP contribution in [0, 0.1) is 12.8 Å². The third-order valence-electron chi connectivity index (χ3n) is 5.27. The number of likely N-dealkylation sites (tertiary alicyclic amines) is 1. The zero-order valence-corrected chi connectivity index (χ0v) is 16.9. The highest BCUT2D eigenvalue weighted by Gasteiger charge is 2.30. The molecule has 0 aromatic heterocycles. The number of carbonyl (C=O) groups excluding carboxylic acids is 2. The number of carboxylic acids is 2. The lowest BCUT2D eigenvalue weighted by atomic mass is 10.1. The van der Waals surface area contributed by atoms with Crippen LogP contribution >= 0.6 is 0 Å². The van der Waals surface area contributed by atoms with Crippen LogP contribution in [-0.2, 0) is 16.0 Å². The first-order chi connectivity index (χ1) is 14.7. The molecule has 3 amide bonds. The van der Waals surface area contributed by atoms with Gasteiger partial charge in [-0.05, 0) is 48.7 Å². The fraction of sp³-hybridized carbons (Fsp3) is 0.273. The lowest BCUT2D eigenvalue weighted by Gasteiger charge is -2.16. The van der Waals surface area contributed by atoms with Crippen molar-refractivity contribution in [2.75, 3.05) is 23.7 Å². The number of amides is 3. The molecule has 0 radical (unpaired) electrons. The van der Waals surface area contributed by atoms with Gasteiger partial charge >= 0.3 is 18.0 Å². The van der Waals surface area contributed by atoms with Gasteiger partial charge in [-0.25, -0.2) is 9.59 Å². The Hall–Kier alpha value is -3.88. The van der Waals surface area contributed by atoms with E-state index < -0.39 is 23.9 Å². The standard InChI is InChI=1S/C22H23N3O6/c1-13-17(21(29)30)3-2-4-18(13)24-22(31)23-16-7-5-14(6-8-16)11-19(26)25-10-9-15(12-25)20(27)28/h2-8,15H,9-12H2,1H3,(H,27,28)(H,29,30)(H2,23,24,31). The van der Waals surface area contributed by atoms with Crippen LogP contribution in [0.15, 0.2) is 42.5 Å². The normalized spacial score (nSPS) is 15.4. The summed E-state index contributed by atoms with van der Waals surface area (Å²) in [5.74, 6) is -2.59. The van der Waals surface area contributed by atoms with E-state index in [4.69, 9.17) is 5.11 Å². The van der Waals surface area contributed by atoms with E-state index in [9.17, 15) is 24.3 Å². The Morgan fingerprint density at radius 3 is 2.35 bits per heavy atom. The minimum absolute atomic E-state index is 0.111. The largest absolute Gasteiger partial charge is 0.481 e. The third-order valence-corrected chi connectivity index (χ3v) is 5.27. The molecule has 2 aromatic rings. The number of nitrogens with zero attached hydrogens (tertiary/aromatic N) is 1. The van der Waals surface area contributed by atoms with E-state index in [0.29, 0.717) is 29.9 Å². The van der Waals surface area contributed by atoms with Gasteiger partial charge in [0.05, 0.1) is 17.9 Å². The molecule has 0 saturated carbocycles. The summed E-state index contributed by atoms with van der Waals surface area (Å²) < 4.78 is 0. The molecule has 4 N–H and O–H groups in total. The van der Waals surface area contributed by atoms with Gasteiger partial charge in [-0.3, -0.25) is 9.59 Å². The predicted molar refractivity (Wildman–Crippen MR) is 113 cm³/mol. The smallest absolute Gasteiger partial charge is 0.336 e. The van der Waals surface area contributed by atoms with Gasteiger partial charge < -0.3 is 25.7 Å². The molecule has 1 fully saturated rings. The summed E-state index contributed by atoms with van der Waals surface area (Å²) in [6.07, 6.45) is 0.619. The lowest BCUT2D eigenvalue weighted by Crippen LogP contribution is -2.31. The second kappa shape index (κ2) is 9.29. The van der Waals surface area contributed by atoms with Crippen molar-refractivity contribution in [1.82, 2.24) is 4.90 Å². The molecule has 1 saturated heterocycles. The SMILES string of the molecule is Cc1c(NC(=O)Nc2ccc(CC(=O)N3CCC(C(=O)O)C3)cc2)cccc1C(=O)O. The molecular formula is C22H23N3O6. The maximum absolute atomic E-state index is 12.4. The van der Waals surface area contributed by atoms with Gasteiger partial charge in [-0.1, -0.05) is 18.2 Å². The maximum Gasteiger partial charge on any atom is 0.336 e. The molecule has 0 spiro atoms. The number of hydrogen-bond acceptors (Lipinski definition) is 4. The van der Waals surface area contributed by atoms with Crippen molar-refractivity contribution < 1.29 is 29.4 Å². The second-order valence-corrected chi connectivity index (χ2v) is 7.40. The Balaban J connectivity index is 1.55. The molecule has 1 heterocycles. The maximum atomic E-state index is 12.4. The fourth-order valence-electron chi connectivity index (χ4n) is 3.47. The van der Waals surface area contributed by atoms with E-state index in [1.165, 1.54) is 6.07 Å². The van der Waals surface area contributed by atoms with E-state index in [-0.39, 0.29) is 24.4 Å². The number of hydrogen-bond donors (Lipinski definition) is 4. The molecule has 9 nitrogen and oxygen atoms in total. The van der Waals surface area contributed by atoms with Crippen LogP contribution in [0.4, 0.5) is 16.2 Å². The molecule has 31 heavy (non-hydrogen) atoms. The highest BCUT2D eigenvalue weighted by Crippen LogP contribution is 2.20. The van der Waals surface area contributed by atoms with E-state index in [1.807, 2.05) is 0 Å².